The number of anilines is 1. The molecule has 0 radical (unpaired) electrons. The first-order chi connectivity index (χ1) is 7.66. The van der Waals surface area contributed by atoms with Crippen molar-refractivity contribution in [3.05, 3.63) is 28.8 Å². The van der Waals surface area contributed by atoms with Crippen molar-refractivity contribution in [3.63, 3.8) is 0 Å². The summed E-state index contributed by atoms with van der Waals surface area (Å²) in [6.07, 6.45) is 3.50. The van der Waals surface area contributed by atoms with Gasteiger partial charge in [0.1, 0.15) is 0 Å². The summed E-state index contributed by atoms with van der Waals surface area (Å²) in [5.74, 6) is 0.436. The number of hydrogen-bond acceptors (Lipinski definition) is 3. The summed E-state index contributed by atoms with van der Waals surface area (Å²) >= 11 is 5.82. The molecule has 16 heavy (non-hydrogen) atoms. The highest BCUT2D eigenvalue weighted by molar-refractivity contribution is 6.33. The third kappa shape index (κ3) is 2.89. The average Bonchev–Trinajstić information content (AvgIpc) is 3.06. The SMILES string of the molecule is Nc1ccc(C(=O)OCCC2CC2)cc1Cl. The van der Waals surface area contributed by atoms with E-state index in [4.69, 9.17) is 22.1 Å². The molecule has 0 bridgehead atoms. The minimum Gasteiger partial charge on any atom is -0.462 e. The highest BCUT2D eigenvalue weighted by Crippen LogP contribution is 2.32. The number of nitrogens with two attached hydrogens (primary N) is 1. The van der Waals surface area contributed by atoms with Crippen LogP contribution in [-0.2, 0) is 4.74 Å². The van der Waals surface area contributed by atoms with Gasteiger partial charge >= 0.3 is 5.97 Å². The Morgan fingerprint density at radius 1 is 1.50 bits per heavy atom. The third-order valence-electron chi connectivity index (χ3n) is 2.69. The highest BCUT2D eigenvalue weighted by atomic mass is 35.5. The zero-order valence-corrected chi connectivity index (χ0v) is 9.67. The molecule has 86 valence electrons. The molecule has 0 aliphatic heterocycles. The fraction of sp³-hybridized carbons (Fsp3) is 0.417. The van der Waals surface area contributed by atoms with Crippen molar-refractivity contribution in [2.75, 3.05) is 12.3 Å². The second kappa shape index (κ2) is 4.74. The van der Waals surface area contributed by atoms with Crippen LogP contribution >= 0.6 is 11.6 Å². The van der Waals surface area contributed by atoms with E-state index >= 15 is 0 Å². The summed E-state index contributed by atoms with van der Waals surface area (Å²) in [4.78, 5) is 11.6. The topological polar surface area (TPSA) is 52.3 Å². The number of esters is 1. The number of carbonyl (C=O) groups excluding carboxylic acids is 1. The van der Waals surface area contributed by atoms with E-state index in [1.165, 1.54) is 18.9 Å². The number of carbonyl (C=O) groups is 1. The van der Waals surface area contributed by atoms with Crippen molar-refractivity contribution in [3.8, 4) is 0 Å². The Morgan fingerprint density at radius 3 is 2.88 bits per heavy atom. The maximum Gasteiger partial charge on any atom is 0.338 e. The van der Waals surface area contributed by atoms with Crippen molar-refractivity contribution in [1.82, 2.24) is 0 Å². The van der Waals surface area contributed by atoms with Crippen LogP contribution in [0.4, 0.5) is 5.69 Å². The predicted molar refractivity (Wildman–Crippen MR) is 63.5 cm³/mol. The van der Waals surface area contributed by atoms with Crippen LogP contribution in [-0.4, -0.2) is 12.6 Å². The van der Waals surface area contributed by atoms with Gasteiger partial charge in [0.25, 0.3) is 0 Å². The molecular formula is C12H14ClNO2. The molecule has 1 saturated carbocycles. The molecule has 1 aromatic carbocycles. The molecule has 0 atom stereocenters. The van der Waals surface area contributed by atoms with Crippen molar-refractivity contribution in [2.24, 2.45) is 5.92 Å². The van der Waals surface area contributed by atoms with Crippen molar-refractivity contribution in [2.45, 2.75) is 19.3 Å². The van der Waals surface area contributed by atoms with E-state index in [0.717, 1.165) is 12.3 Å². The molecular weight excluding hydrogens is 226 g/mol. The molecule has 4 heteroatoms. The molecule has 2 rings (SSSR count). The van der Waals surface area contributed by atoms with E-state index in [0.29, 0.717) is 22.9 Å². The Morgan fingerprint density at radius 2 is 2.25 bits per heavy atom. The number of nitrogen functional groups attached to an aromatic ring is 1. The molecule has 1 fully saturated rings. The molecule has 0 aromatic heterocycles. The summed E-state index contributed by atoms with van der Waals surface area (Å²) in [6.45, 7) is 0.492. The first-order valence-electron chi connectivity index (χ1n) is 5.39. The van der Waals surface area contributed by atoms with E-state index in [1.54, 1.807) is 12.1 Å². The average molecular weight is 240 g/mol. The van der Waals surface area contributed by atoms with Crippen LogP contribution in [0, 0.1) is 5.92 Å². The van der Waals surface area contributed by atoms with E-state index in [9.17, 15) is 4.79 Å². The summed E-state index contributed by atoms with van der Waals surface area (Å²) in [7, 11) is 0. The van der Waals surface area contributed by atoms with Crippen LogP contribution in [0.5, 0.6) is 0 Å². The van der Waals surface area contributed by atoms with Crippen molar-refractivity contribution in [1.29, 1.82) is 0 Å². The second-order valence-electron chi connectivity index (χ2n) is 4.10. The molecule has 0 unspecified atom stereocenters. The van der Waals surface area contributed by atoms with Crippen molar-refractivity contribution < 1.29 is 9.53 Å². The summed E-state index contributed by atoms with van der Waals surface area (Å²) in [5, 5.41) is 0.386. The fourth-order valence-electron chi connectivity index (χ4n) is 1.46. The van der Waals surface area contributed by atoms with Crippen LogP contribution in [0.1, 0.15) is 29.6 Å². The minimum absolute atomic E-state index is 0.331. The lowest BCUT2D eigenvalue weighted by Gasteiger charge is -2.05. The van der Waals surface area contributed by atoms with Gasteiger partial charge in [0.05, 0.1) is 22.9 Å². The predicted octanol–water partition coefficient (Wildman–Crippen LogP) is 2.88. The molecule has 0 spiro atoms. The molecule has 1 aliphatic rings. The lowest BCUT2D eigenvalue weighted by molar-refractivity contribution is 0.0495. The van der Waals surface area contributed by atoms with E-state index in [1.807, 2.05) is 0 Å². The Hall–Kier alpha value is -1.22. The van der Waals surface area contributed by atoms with Gasteiger partial charge in [0.15, 0.2) is 0 Å². The van der Waals surface area contributed by atoms with Crippen LogP contribution in [0.2, 0.25) is 5.02 Å². The number of benzene rings is 1. The van der Waals surface area contributed by atoms with Crippen LogP contribution in [0.15, 0.2) is 18.2 Å². The number of halogens is 1. The summed E-state index contributed by atoms with van der Waals surface area (Å²) in [6, 6.07) is 4.77. The highest BCUT2D eigenvalue weighted by Gasteiger charge is 2.21. The third-order valence-corrected chi connectivity index (χ3v) is 3.02. The van der Waals surface area contributed by atoms with Gasteiger partial charge in [-0.3, -0.25) is 0 Å². The first kappa shape index (κ1) is 11.3. The van der Waals surface area contributed by atoms with Crippen LogP contribution in [0.25, 0.3) is 0 Å². The smallest absolute Gasteiger partial charge is 0.338 e. The normalized spacial score (nSPS) is 14.8. The van der Waals surface area contributed by atoms with E-state index in [2.05, 4.69) is 0 Å². The summed E-state index contributed by atoms with van der Waals surface area (Å²) in [5.41, 5.74) is 6.48. The number of rotatable bonds is 4. The van der Waals surface area contributed by atoms with Gasteiger partial charge in [-0.25, -0.2) is 4.79 Å². The van der Waals surface area contributed by atoms with Gasteiger partial charge < -0.3 is 10.5 Å². The molecule has 0 heterocycles. The largest absolute Gasteiger partial charge is 0.462 e. The van der Waals surface area contributed by atoms with E-state index < -0.39 is 0 Å². The minimum atomic E-state index is -0.331. The van der Waals surface area contributed by atoms with Gasteiger partial charge in [-0.2, -0.15) is 0 Å². The molecule has 0 amide bonds. The first-order valence-corrected chi connectivity index (χ1v) is 5.77. The lowest BCUT2D eigenvalue weighted by atomic mass is 10.2. The number of hydrogen-bond donors (Lipinski definition) is 1. The van der Waals surface area contributed by atoms with Crippen LogP contribution < -0.4 is 5.73 Å². The Kier molecular flexibility index (Phi) is 3.34. The molecule has 1 aliphatic carbocycles. The van der Waals surface area contributed by atoms with Gasteiger partial charge in [0, 0.05) is 0 Å². The van der Waals surface area contributed by atoms with Crippen LogP contribution in [0.3, 0.4) is 0 Å². The van der Waals surface area contributed by atoms with Gasteiger partial charge in [-0.15, -0.1) is 0 Å². The maximum absolute atomic E-state index is 11.6. The fourth-order valence-corrected chi connectivity index (χ4v) is 1.64. The monoisotopic (exact) mass is 239 g/mol. The molecule has 3 nitrogen and oxygen atoms in total. The van der Waals surface area contributed by atoms with Gasteiger partial charge in [0.2, 0.25) is 0 Å². The second-order valence-corrected chi connectivity index (χ2v) is 4.51. The molecule has 1 aromatic rings. The lowest BCUT2D eigenvalue weighted by Crippen LogP contribution is -2.07. The Bertz CT molecular complexity index is 402. The maximum atomic E-state index is 11.6. The Labute approximate surface area is 99.5 Å². The molecule has 0 saturated heterocycles. The summed E-state index contributed by atoms with van der Waals surface area (Å²) < 4.78 is 5.14. The molecule has 2 N–H and O–H groups in total. The standard InChI is InChI=1S/C12H14ClNO2/c13-10-7-9(3-4-11(10)14)12(15)16-6-5-8-1-2-8/h3-4,7-8H,1-2,5-6,14H2. The van der Waals surface area contributed by atoms with Gasteiger partial charge in [-0.05, 0) is 30.5 Å². The zero-order chi connectivity index (χ0) is 11.5. The van der Waals surface area contributed by atoms with Crippen molar-refractivity contribution >= 4 is 23.3 Å². The number of ether oxygens (including phenoxy) is 1. The zero-order valence-electron chi connectivity index (χ0n) is 8.91. The quantitative estimate of drug-likeness (QED) is 0.649. The van der Waals surface area contributed by atoms with Gasteiger partial charge in [-0.1, -0.05) is 24.4 Å². The van der Waals surface area contributed by atoms with E-state index in [-0.39, 0.29) is 5.97 Å². The Balaban J connectivity index is 1.88.